The molecule has 0 spiro atoms. The second kappa shape index (κ2) is 12.8. The summed E-state index contributed by atoms with van der Waals surface area (Å²) in [7, 11) is 0. The first-order chi connectivity index (χ1) is 25.3. The van der Waals surface area contributed by atoms with E-state index in [0.717, 1.165) is 28.2 Å². The molecule has 0 N–H and O–H groups in total. The van der Waals surface area contributed by atoms with Crippen molar-refractivity contribution < 1.29 is 0 Å². The third kappa shape index (κ3) is 5.39. The van der Waals surface area contributed by atoms with Crippen molar-refractivity contribution in [2.24, 2.45) is 0 Å². The molecule has 0 fully saturated rings. The minimum absolute atomic E-state index is 0.653. The van der Waals surface area contributed by atoms with Crippen molar-refractivity contribution >= 4 is 49.4 Å². The second-order valence-corrected chi connectivity index (χ2v) is 12.8. The topological polar surface area (TPSA) is 27.0 Å². The predicted molar refractivity (Wildman–Crippen MR) is 215 cm³/mol. The summed E-state index contributed by atoms with van der Waals surface area (Å²) < 4.78 is 0. The van der Waals surface area contributed by atoms with E-state index in [0.29, 0.717) is 5.56 Å². The Balaban J connectivity index is 1.24. The van der Waals surface area contributed by atoms with Gasteiger partial charge in [0.2, 0.25) is 0 Å². The largest absolute Gasteiger partial charge is 0.310 e. The molecule has 0 atom stereocenters. The number of nitriles is 1. The van der Waals surface area contributed by atoms with E-state index in [2.05, 4.69) is 193 Å². The quantitative estimate of drug-likeness (QED) is 0.168. The van der Waals surface area contributed by atoms with Crippen LogP contribution in [0, 0.1) is 11.3 Å². The van der Waals surface area contributed by atoms with Crippen molar-refractivity contribution in [3.05, 3.63) is 200 Å². The normalized spacial score (nSPS) is 11.1. The molecule has 238 valence electrons. The van der Waals surface area contributed by atoms with Gasteiger partial charge in [0.1, 0.15) is 0 Å². The molecule has 0 aliphatic rings. The number of hydrogen-bond donors (Lipinski definition) is 0. The lowest BCUT2D eigenvalue weighted by Crippen LogP contribution is -2.10. The summed E-state index contributed by atoms with van der Waals surface area (Å²) in [5.74, 6) is 0. The van der Waals surface area contributed by atoms with Crippen molar-refractivity contribution in [1.29, 1.82) is 5.26 Å². The summed E-state index contributed by atoms with van der Waals surface area (Å²) in [6.45, 7) is 0. The third-order valence-corrected chi connectivity index (χ3v) is 9.89. The lowest BCUT2D eigenvalue weighted by atomic mass is 9.85. The van der Waals surface area contributed by atoms with Gasteiger partial charge >= 0.3 is 0 Å². The highest BCUT2D eigenvalue weighted by Crippen LogP contribution is 2.46. The second-order valence-electron chi connectivity index (χ2n) is 12.8. The van der Waals surface area contributed by atoms with Gasteiger partial charge < -0.3 is 4.90 Å². The van der Waals surface area contributed by atoms with Gasteiger partial charge in [0.25, 0.3) is 0 Å². The Morgan fingerprint density at radius 3 is 1.33 bits per heavy atom. The molecule has 0 saturated heterocycles. The zero-order chi connectivity index (χ0) is 34.1. The van der Waals surface area contributed by atoms with Crippen LogP contribution in [-0.2, 0) is 0 Å². The van der Waals surface area contributed by atoms with Crippen molar-refractivity contribution in [2.45, 2.75) is 0 Å². The van der Waals surface area contributed by atoms with Crippen LogP contribution >= 0.6 is 0 Å². The van der Waals surface area contributed by atoms with Crippen LogP contribution in [0.3, 0.4) is 0 Å². The molecule has 0 aliphatic heterocycles. The highest BCUT2D eigenvalue weighted by Gasteiger charge is 2.20. The summed E-state index contributed by atoms with van der Waals surface area (Å²) in [5.41, 5.74) is 10.9. The van der Waals surface area contributed by atoms with Gasteiger partial charge in [0, 0.05) is 16.8 Å². The summed E-state index contributed by atoms with van der Waals surface area (Å²) in [6.07, 6.45) is 0. The minimum Gasteiger partial charge on any atom is -0.310 e. The molecule has 0 amide bonds. The maximum atomic E-state index is 9.55. The molecule has 9 aromatic carbocycles. The summed E-state index contributed by atoms with van der Waals surface area (Å²) in [4.78, 5) is 2.36. The SMILES string of the molecule is N#Cc1ccc(-c2c(-c3ccc(N(c4ccc(-c5ccccc5)cc4)c4cccc5ccccc45)cc3)c3ccccc3c3ccccc23)cc1. The average Bonchev–Trinajstić information content (AvgIpc) is 3.21. The van der Waals surface area contributed by atoms with Crippen molar-refractivity contribution in [3.63, 3.8) is 0 Å². The Labute approximate surface area is 297 Å². The first-order valence-corrected chi connectivity index (χ1v) is 17.2. The smallest absolute Gasteiger partial charge is 0.0991 e. The summed E-state index contributed by atoms with van der Waals surface area (Å²) in [6, 6.07) is 71.1. The third-order valence-electron chi connectivity index (χ3n) is 9.89. The highest BCUT2D eigenvalue weighted by atomic mass is 15.1. The van der Waals surface area contributed by atoms with Crippen LogP contribution in [0.2, 0.25) is 0 Å². The first-order valence-electron chi connectivity index (χ1n) is 17.2. The van der Waals surface area contributed by atoms with Gasteiger partial charge in [0.05, 0.1) is 17.3 Å². The zero-order valence-corrected chi connectivity index (χ0v) is 27.9. The van der Waals surface area contributed by atoms with Crippen LogP contribution < -0.4 is 4.90 Å². The molecule has 0 heterocycles. The van der Waals surface area contributed by atoms with E-state index in [9.17, 15) is 5.26 Å². The van der Waals surface area contributed by atoms with Crippen LogP contribution in [-0.4, -0.2) is 0 Å². The zero-order valence-electron chi connectivity index (χ0n) is 27.9. The molecule has 2 heteroatoms. The fraction of sp³-hybridized carbons (Fsp3) is 0. The van der Waals surface area contributed by atoms with E-state index in [4.69, 9.17) is 0 Å². The number of fused-ring (bicyclic) bond motifs is 4. The van der Waals surface area contributed by atoms with E-state index in [1.165, 1.54) is 54.6 Å². The van der Waals surface area contributed by atoms with Gasteiger partial charge in [-0.15, -0.1) is 0 Å². The van der Waals surface area contributed by atoms with Crippen LogP contribution in [0.4, 0.5) is 17.1 Å². The van der Waals surface area contributed by atoms with Gasteiger partial charge in [-0.1, -0.05) is 152 Å². The number of nitrogens with zero attached hydrogens (tertiary/aromatic N) is 2. The lowest BCUT2D eigenvalue weighted by molar-refractivity contribution is 1.30. The Kier molecular flexibility index (Phi) is 7.58. The maximum Gasteiger partial charge on any atom is 0.0991 e. The predicted octanol–water partition coefficient (Wildman–Crippen LogP) is 13.5. The minimum atomic E-state index is 0.653. The maximum absolute atomic E-state index is 9.55. The Morgan fingerprint density at radius 2 is 0.765 bits per heavy atom. The van der Waals surface area contributed by atoms with E-state index < -0.39 is 0 Å². The monoisotopic (exact) mass is 648 g/mol. The van der Waals surface area contributed by atoms with Gasteiger partial charge in [-0.3, -0.25) is 0 Å². The van der Waals surface area contributed by atoms with E-state index >= 15 is 0 Å². The van der Waals surface area contributed by atoms with Crippen molar-refractivity contribution in [3.8, 4) is 39.4 Å². The van der Waals surface area contributed by atoms with Gasteiger partial charge in [0.15, 0.2) is 0 Å². The van der Waals surface area contributed by atoms with Crippen molar-refractivity contribution in [2.75, 3.05) is 4.90 Å². The first kappa shape index (κ1) is 30.1. The lowest BCUT2D eigenvalue weighted by Gasteiger charge is -2.27. The van der Waals surface area contributed by atoms with Gasteiger partial charge in [-0.2, -0.15) is 5.26 Å². The molecular formula is C49H32N2. The fourth-order valence-electron chi connectivity index (χ4n) is 7.49. The molecule has 0 radical (unpaired) electrons. The average molecular weight is 649 g/mol. The number of anilines is 3. The van der Waals surface area contributed by atoms with Crippen LogP contribution in [0.25, 0.3) is 65.7 Å². The number of rotatable bonds is 6. The molecule has 0 aliphatic carbocycles. The molecule has 0 bridgehead atoms. The van der Waals surface area contributed by atoms with Crippen molar-refractivity contribution in [1.82, 2.24) is 0 Å². The number of benzene rings is 9. The molecule has 2 nitrogen and oxygen atoms in total. The Hall–Kier alpha value is -6.95. The van der Waals surface area contributed by atoms with Crippen LogP contribution in [0.15, 0.2) is 194 Å². The van der Waals surface area contributed by atoms with Crippen LogP contribution in [0.5, 0.6) is 0 Å². The molecular weight excluding hydrogens is 617 g/mol. The summed E-state index contributed by atoms with van der Waals surface area (Å²) in [5, 5.41) is 16.8. The summed E-state index contributed by atoms with van der Waals surface area (Å²) >= 11 is 0. The molecule has 0 aromatic heterocycles. The highest BCUT2D eigenvalue weighted by molar-refractivity contribution is 6.21. The Morgan fingerprint density at radius 1 is 0.333 bits per heavy atom. The van der Waals surface area contributed by atoms with E-state index in [1.807, 2.05) is 12.1 Å². The van der Waals surface area contributed by atoms with Crippen LogP contribution in [0.1, 0.15) is 5.56 Å². The standard InChI is InChI=1S/C49H32N2/c50-33-34-21-23-38(24-22-34)48-45-18-8-6-16-43(45)44-17-7-9-19-46(44)49(48)39-27-31-41(32-28-39)51(47-20-10-14-37-13-4-5-15-42(37)47)40-29-25-36(26-30-40)35-11-2-1-3-12-35/h1-32H. The molecule has 9 rings (SSSR count). The Bertz CT molecular complexity index is 2720. The molecule has 9 aromatic rings. The van der Waals surface area contributed by atoms with Gasteiger partial charge in [-0.05, 0) is 103 Å². The number of hydrogen-bond acceptors (Lipinski definition) is 2. The molecule has 51 heavy (non-hydrogen) atoms. The molecule has 0 saturated carbocycles. The fourth-order valence-corrected chi connectivity index (χ4v) is 7.49. The van der Waals surface area contributed by atoms with E-state index in [-0.39, 0.29) is 0 Å². The van der Waals surface area contributed by atoms with E-state index in [1.54, 1.807) is 0 Å². The van der Waals surface area contributed by atoms with Gasteiger partial charge in [-0.25, -0.2) is 0 Å². The molecule has 0 unspecified atom stereocenters.